The Labute approximate surface area is 124 Å². The first-order valence-corrected chi connectivity index (χ1v) is 6.84. The molecule has 0 heterocycles. The number of halogens is 1. The Morgan fingerprint density at radius 3 is 2.65 bits per heavy atom. The summed E-state index contributed by atoms with van der Waals surface area (Å²) in [5.41, 5.74) is 0. The van der Waals surface area contributed by atoms with Gasteiger partial charge in [0.25, 0.3) is 0 Å². The van der Waals surface area contributed by atoms with E-state index in [4.69, 9.17) is 16.3 Å². The predicted molar refractivity (Wildman–Crippen MR) is 79.1 cm³/mol. The summed E-state index contributed by atoms with van der Waals surface area (Å²) in [6.07, 6.45) is -0.210. The summed E-state index contributed by atoms with van der Waals surface area (Å²) < 4.78 is 5.42. The van der Waals surface area contributed by atoms with Crippen LogP contribution in [0.15, 0.2) is 24.3 Å². The Bertz CT molecular complexity index is 409. The molecule has 1 rings (SSSR count). The highest BCUT2D eigenvalue weighted by molar-refractivity contribution is 6.30. The van der Waals surface area contributed by atoms with Gasteiger partial charge < -0.3 is 20.1 Å². The van der Waals surface area contributed by atoms with E-state index in [0.717, 1.165) is 0 Å². The number of nitrogens with zero attached hydrogens (tertiary/aromatic N) is 1. The van der Waals surface area contributed by atoms with Gasteiger partial charge in [-0.25, -0.2) is 0 Å². The standard InChI is InChI=1S/C14H21ClN2O3/c1-17(2)14(19)7-8-16-9-12(18)10-20-13-5-3-11(15)4-6-13/h3-6,12,16,18H,7-10H2,1-2H3. The van der Waals surface area contributed by atoms with Gasteiger partial charge in [-0.3, -0.25) is 4.79 Å². The van der Waals surface area contributed by atoms with Gasteiger partial charge in [0.1, 0.15) is 18.5 Å². The summed E-state index contributed by atoms with van der Waals surface area (Å²) in [6.45, 7) is 1.11. The van der Waals surface area contributed by atoms with Gasteiger partial charge >= 0.3 is 0 Å². The van der Waals surface area contributed by atoms with Crippen molar-refractivity contribution in [3.05, 3.63) is 29.3 Å². The molecule has 2 N–H and O–H groups in total. The highest BCUT2D eigenvalue weighted by Gasteiger charge is 2.07. The molecule has 5 nitrogen and oxygen atoms in total. The van der Waals surface area contributed by atoms with Gasteiger partial charge in [0, 0.05) is 38.6 Å². The minimum Gasteiger partial charge on any atom is -0.491 e. The second-order valence-electron chi connectivity index (χ2n) is 4.66. The van der Waals surface area contributed by atoms with E-state index in [0.29, 0.717) is 30.3 Å². The highest BCUT2D eigenvalue weighted by Crippen LogP contribution is 2.15. The molecule has 0 spiro atoms. The molecule has 1 aromatic rings. The lowest BCUT2D eigenvalue weighted by Crippen LogP contribution is -2.34. The highest BCUT2D eigenvalue weighted by atomic mass is 35.5. The number of ether oxygens (including phenoxy) is 1. The Kier molecular flexibility index (Phi) is 7.36. The zero-order valence-corrected chi connectivity index (χ0v) is 12.6. The van der Waals surface area contributed by atoms with E-state index in [9.17, 15) is 9.90 Å². The van der Waals surface area contributed by atoms with Gasteiger partial charge in [-0.15, -0.1) is 0 Å². The molecule has 6 heteroatoms. The van der Waals surface area contributed by atoms with Gasteiger partial charge in [0.15, 0.2) is 0 Å². The molecule has 0 bridgehead atoms. The van der Waals surface area contributed by atoms with Crippen LogP contribution in [0.2, 0.25) is 5.02 Å². The molecule has 0 radical (unpaired) electrons. The van der Waals surface area contributed by atoms with Crippen molar-refractivity contribution >= 4 is 17.5 Å². The molecule has 1 atom stereocenters. The van der Waals surface area contributed by atoms with Crippen LogP contribution in [-0.4, -0.2) is 55.8 Å². The number of aliphatic hydroxyl groups excluding tert-OH is 1. The van der Waals surface area contributed by atoms with Crippen LogP contribution in [0, 0.1) is 0 Å². The van der Waals surface area contributed by atoms with Crippen LogP contribution in [0.25, 0.3) is 0 Å². The smallest absolute Gasteiger partial charge is 0.223 e. The topological polar surface area (TPSA) is 61.8 Å². The van der Waals surface area contributed by atoms with Gasteiger partial charge in [-0.2, -0.15) is 0 Å². The van der Waals surface area contributed by atoms with Crippen LogP contribution in [0.1, 0.15) is 6.42 Å². The molecule has 0 aliphatic rings. The first-order valence-electron chi connectivity index (χ1n) is 6.46. The molecule has 1 unspecified atom stereocenters. The van der Waals surface area contributed by atoms with Crippen LogP contribution < -0.4 is 10.1 Å². The van der Waals surface area contributed by atoms with Crippen molar-refractivity contribution in [2.75, 3.05) is 33.8 Å². The molecule has 1 aromatic carbocycles. The maximum Gasteiger partial charge on any atom is 0.223 e. The Balaban J connectivity index is 2.13. The van der Waals surface area contributed by atoms with Gasteiger partial charge in [-0.1, -0.05) is 11.6 Å². The third-order valence-electron chi connectivity index (χ3n) is 2.65. The number of amides is 1. The van der Waals surface area contributed by atoms with Crippen molar-refractivity contribution in [3.63, 3.8) is 0 Å². The summed E-state index contributed by atoms with van der Waals surface area (Å²) in [6, 6.07) is 6.96. The Hall–Kier alpha value is -1.30. The lowest BCUT2D eigenvalue weighted by Gasteiger charge is -2.14. The van der Waals surface area contributed by atoms with Crippen LogP contribution >= 0.6 is 11.6 Å². The van der Waals surface area contributed by atoms with Crippen molar-refractivity contribution in [3.8, 4) is 5.75 Å². The predicted octanol–water partition coefficient (Wildman–Crippen LogP) is 1.15. The lowest BCUT2D eigenvalue weighted by molar-refractivity contribution is -0.128. The number of nitrogens with one attached hydrogen (secondary N) is 1. The first kappa shape index (κ1) is 16.8. The quantitative estimate of drug-likeness (QED) is 0.707. The van der Waals surface area contributed by atoms with Crippen molar-refractivity contribution in [2.24, 2.45) is 0 Å². The van der Waals surface area contributed by atoms with E-state index >= 15 is 0 Å². The van der Waals surface area contributed by atoms with Gasteiger partial charge in [0.05, 0.1) is 0 Å². The third kappa shape index (κ3) is 6.75. The van der Waals surface area contributed by atoms with Crippen molar-refractivity contribution in [2.45, 2.75) is 12.5 Å². The molecule has 0 saturated heterocycles. The summed E-state index contributed by atoms with van der Waals surface area (Å²) in [7, 11) is 3.44. The fraction of sp³-hybridized carbons (Fsp3) is 0.500. The number of aliphatic hydroxyl groups is 1. The summed E-state index contributed by atoms with van der Waals surface area (Å²) in [5.74, 6) is 0.723. The molecule has 112 valence electrons. The van der Waals surface area contributed by atoms with E-state index < -0.39 is 6.10 Å². The van der Waals surface area contributed by atoms with Crippen LogP contribution in [0.3, 0.4) is 0 Å². The van der Waals surface area contributed by atoms with Crippen LogP contribution in [-0.2, 0) is 4.79 Å². The minimum absolute atomic E-state index is 0.0596. The van der Waals surface area contributed by atoms with Gasteiger partial charge in [0.2, 0.25) is 5.91 Å². The molecule has 0 aliphatic heterocycles. The number of rotatable bonds is 8. The van der Waals surface area contributed by atoms with E-state index in [2.05, 4.69) is 5.32 Å². The Morgan fingerprint density at radius 2 is 2.05 bits per heavy atom. The fourth-order valence-electron chi connectivity index (χ4n) is 1.47. The Morgan fingerprint density at radius 1 is 1.40 bits per heavy atom. The minimum atomic E-state index is -0.625. The van der Waals surface area contributed by atoms with Crippen molar-refractivity contribution in [1.29, 1.82) is 0 Å². The molecular formula is C14H21ClN2O3. The summed E-state index contributed by atoms with van der Waals surface area (Å²) >= 11 is 5.76. The second kappa shape index (κ2) is 8.79. The van der Waals surface area contributed by atoms with Gasteiger partial charge in [-0.05, 0) is 24.3 Å². The fourth-order valence-corrected chi connectivity index (χ4v) is 1.60. The van der Waals surface area contributed by atoms with E-state index in [-0.39, 0.29) is 12.5 Å². The second-order valence-corrected chi connectivity index (χ2v) is 5.10. The summed E-state index contributed by atoms with van der Waals surface area (Å²) in [5, 5.41) is 13.4. The van der Waals surface area contributed by atoms with Crippen molar-refractivity contribution in [1.82, 2.24) is 10.2 Å². The van der Waals surface area contributed by atoms with E-state index in [1.54, 1.807) is 43.3 Å². The molecule has 0 aliphatic carbocycles. The molecule has 1 amide bonds. The number of carbonyl (C=O) groups excluding carboxylic acids is 1. The number of carbonyl (C=O) groups is 1. The average Bonchev–Trinajstić information content (AvgIpc) is 2.42. The number of benzene rings is 1. The molecule has 20 heavy (non-hydrogen) atoms. The zero-order chi connectivity index (χ0) is 15.0. The zero-order valence-electron chi connectivity index (χ0n) is 11.8. The molecule has 0 saturated carbocycles. The maximum absolute atomic E-state index is 11.3. The largest absolute Gasteiger partial charge is 0.491 e. The molecule has 0 fully saturated rings. The van der Waals surface area contributed by atoms with E-state index in [1.807, 2.05) is 0 Å². The normalized spacial score (nSPS) is 12.0. The summed E-state index contributed by atoms with van der Waals surface area (Å²) in [4.78, 5) is 12.9. The van der Waals surface area contributed by atoms with Crippen LogP contribution in [0.4, 0.5) is 0 Å². The number of hydrogen-bond donors (Lipinski definition) is 2. The monoisotopic (exact) mass is 300 g/mol. The molecular weight excluding hydrogens is 280 g/mol. The van der Waals surface area contributed by atoms with E-state index in [1.165, 1.54) is 0 Å². The average molecular weight is 301 g/mol. The third-order valence-corrected chi connectivity index (χ3v) is 2.90. The SMILES string of the molecule is CN(C)C(=O)CCNCC(O)COc1ccc(Cl)cc1. The maximum atomic E-state index is 11.3. The molecule has 0 aromatic heterocycles. The number of hydrogen-bond acceptors (Lipinski definition) is 4. The van der Waals surface area contributed by atoms with Crippen molar-refractivity contribution < 1.29 is 14.6 Å². The lowest BCUT2D eigenvalue weighted by atomic mass is 10.3. The first-order chi connectivity index (χ1) is 9.49. The van der Waals surface area contributed by atoms with Crippen LogP contribution in [0.5, 0.6) is 5.75 Å².